The molecule has 1 aromatic heterocycles. The molecule has 6 heteroatoms. The van der Waals surface area contributed by atoms with Gasteiger partial charge in [-0.05, 0) is 31.7 Å². The van der Waals surface area contributed by atoms with Crippen molar-refractivity contribution in [3.05, 3.63) is 22.5 Å². The minimum Gasteiger partial charge on any atom is -0.354 e. The number of aromatic amines is 1. The number of ketones is 1. The van der Waals surface area contributed by atoms with E-state index in [4.69, 9.17) is 0 Å². The predicted molar refractivity (Wildman–Crippen MR) is 85.6 cm³/mol. The molecule has 3 rings (SSSR count). The van der Waals surface area contributed by atoms with E-state index < -0.39 is 0 Å². The number of rotatable bonds is 1. The average Bonchev–Trinajstić information content (AvgIpc) is 2.72. The summed E-state index contributed by atoms with van der Waals surface area (Å²) in [6.07, 6.45) is 3.02. The number of hydrogen-bond acceptors (Lipinski definition) is 3. The summed E-state index contributed by atoms with van der Waals surface area (Å²) in [7, 11) is 0. The lowest BCUT2D eigenvalue weighted by molar-refractivity contribution is -0.128. The van der Waals surface area contributed by atoms with E-state index in [0.29, 0.717) is 38.3 Å². The number of carbonyl (C=O) groups is 3. The van der Waals surface area contributed by atoms with E-state index >= 15 is 0 Å². The monoisotopic (exact) mass is 317 g/mol. The lowest BCUT2D eigenvalue weighted by Gasteiger charge is -2.21. The molecule has 0 aromatic carbocycles. The zero-order chi connectivity index (χ0) is 16.6. The summed E-state index contributed by atoms with van der Waals surface area (Å²) in [5.41, 5.74) is 2.95. The number of H-pyrrole nitrogens is 1. The average molecular weight is 317 g/mol. The van der Waals surface area contributed by atoms with E-state index in [9.17, 15) is 14.4 Å². The van der Waals surface area contributed by atoms with Crippen LogP contribution in [0.25, 0.3) is 0 Å². The molecular weight excluding hydrogens is 294 g/mol. The molecule has 1 aliphatic carbocycles. The van der Waals surface area contributed by atoms with Crippen molar-refractivity contribution in [2.45, 2.75) is 39.5 Å². The van der Waals surface area contributed by atoms with Gasteiger partial charge in [0.1, 0.15) is 5.69 Å². The fraction of sp³-hybridized carbons (Fsp3) is 0.588. The Balaban J connectivity index is 1.81. The Kier molecular flexibility index (Phi) is 4.24. The number of aromatic nitrogens is 1. The third-order valence-electron chi connectivity index (χ3n) is 4.88. The molecular formula is C17H23N3O3. The van der Waals surface area contributed by atoms with Crippen LogP contribution in [0.1, 0.15) is 58.3 Å². The van der Waals surface area contributed by atoms with Crippen LogP contribution in [0.5, 0.6) is 0 Å². The first kappa shape index (κ1) is 15.8. The van der Waals surface area contributed by atoms with Crippen molar-refractivity contribution < 1.29 is 14.4 Å². The lowest BCUT2D eigenvalue weighted by atomic mass is 9.94. The first-order valence-corrected chi connectivity index (χ1v) is 8.28. The molecule has 124 valence electrons. The molecule has 1 N–H and O–H groups in total. The first-order valence-electron chi connectivity index (χ1n) is 8.28. The van der Waals surface area contributed by atoms with Gasteiger partial charge < -0.3 is 14.8 Å². The van der Waals surface area contributed by atoms with Crippen LogP contribution in [0.2, 0.25) is 0 Å². The van der Waals surface area contributed by atoms with Gasteiger partial charge in [-0.1, -0.05) is 0 Å². The molecule has 1 aliphatic heterocycles. The van der Waals surface area contributed by atoms with Crippen molar-refractivity contribution >= 4 is 17.6 Å². The summed E-state index contributed by atoms with van der Waals surface area (Å²) in [5.74, 6) is 0.129. The van der Waals surface area contributed by atoms with Crippen molar-refractivity contribution in [2.75, 3.05) is 26.2 Å². The first-order chi connectivity index (χ1) is 11.0. The standard InChI is InChI=1S/C17H23N3O3/c1-11-15-13(5-3-6-14(15)22)18-16(11)17(23)20-8-4-7-19(9-10-20)12(2)21/h18H,3-10H2,1-2H3. The summed E-state index contributed by atoms with van der Waals surface area (Å²) in [5, 5.41) is 0. The van der Waals surface area contributed by atoms with E-state index in [1.807, 2.05) is 6.92 Å². The second-order valence-corrected chi connectivity index (χ2v) is 6.41. The van der Waals surface area contributed by atoms with Crippen LogP contribution in [0.3, 0.4) is 0 Å². The largest absolute Gasteiger partial charge is 0.354 e. The van der Waals surface area contributed by atoms with Crippen LogP contribution < -0.4 is 0 Å². The Hall–Kier alpha value is -2.11. The third kappa shape index (κ3) is 2.90. The van der Waals surface area contributed by atoms with Crippen LogP contribution in [-0.4, -0.2) is 58.6 Å². The SMILES string of the molecule is CC(=O)N1CCCN(C(=O)c2[nH]c3c(c2C)C(=O)CCC3)CC1. The van der Waals surface area contributed by atoms with Gasteiger partial charge in [0.2, 0.25) is 5.91 Å². The van der Waals surface area contributed by atoms with E-state index in [1.165, 1.54) is 0 Å². The van der Waals surface area contributed by atoms with Crippen LogP contribution in [0.4, 0.5) is 0 Å². The number of Topliss-reactive ketones (excluding diaryl/α,β-unsaturated/α-hetero) is 1. The number of aryl methyl sites for hydroxylation is 1. The van der Waals surface area contributed by atoms with Crippen molar-refractivity contribution in [1.82, 2.24) is 14.8 Å². The fourth-order valence-corrected chi connectivity index (χ4v) is 3.58. The molecule has 2 heterocycles. The molecule has 0 radical (unpaired) electrons. The highest BCUT2D eigenvalue weighted by molar-refractivity contribution is 6.04. The number of nitrogens with one attached hydrogen (secondary N) is 1. The Bertz CT molecular complexity index is 662. The number of fused-ring (bicyclic) bond motifs is 1. The van der Waals surface area contributed by atoms with Gasteiger partial charge in [-0.15, -0.1) is 0 Å². The number of carbonyl (C=O) groups excluding carboxylic acids is 3. The highest BCUT2D eigenvalue weighted by atomic mass is 16.2. The molecule has 0 bridgehead atoms. The van der Waals surface area contributed by atoms with E-state index in [0.717, 1.165) is 36.1 Å². The summed E-state index contributed by atoms with van der Waals surface area (Å²) in [6.45, 7) is 5.85. The molecule has 6 nitrogen and oxygen atoms in total. The minimum atomic E-state index is -0.0601. The fourth-order valence-electron chi connectivity index (χ4n) is 3.58. The zero-order valence-electron chi connectivity index (χ0n) is 13.8. The van der Waals surface area contributed by atoms with E-state index in [2.05, 4.69) is 4.98 Å². The number of hydrogen-bond donors (Lipinski definition) is 1. The maximum atomic E-state index is 12.9. The van der Waals surface area contributed by atoms with Crippen LogP contribution in [0.15, 0.2) is 0 Å². The number of amides is 2. The molecule has 1 aromatic rings. The minimum absolute atomic E-state index is 0.0522. The van der Waals surface area contributed by atoms with Gasteiger partial charge >= 0.3 is 0 Å². The van der Waals surface area contributed by atoms with Crippen molar-refractivity contribution in [3.63, 3.8) is 0 Å². The predicted octanol–water partition coefficient (Wildman–Crippen LogP) is 1.54. The summed E-state index contributed by atoms with van der Waals surface area (Å²) >= 11 is 0. The van der Waals surface area contributed by atoms with Gasteiger partial charge in [0.15, 0.2) is 5.78 Å². The van der Waals surface area contributed by atoms with Gasteiger partial charge in [-0.3, -0.25) is 14.4 Å². The Morgan fingerprint density at radius 2 is 1.70 bits per heavy atom. The van der Waals surface area contributed by atoms with Gasteiger partial charge in [-0.25, -0.2) is 0 Å². The quantitative estimate of drug-likeness (QED) is 0.854. The second kappa shape index (κ2) is 6.18. The van der Waals surface area contributed by atoms with Gasteiger partial charge in [0.05, 0.1) is 0 Å². The molecule has 2 aliphatic rings. The van der Waals surface area contributed by atoms with E-state index in [1.54, 1.807) is 16.7 Å². The molecule has 0 atom stereocenters. The smallest absolute Gasteiger partial charge is 0.270 e. The van der Waals surface area contributed by atoms with Gasteiger partial charge in [0.25, 0.3) is 5.91 Å². The summed E-state index contributed by atoms with van der Waals surface area (Å²) in [4.78, 5) is 43.2. The van der Waals surface area contributed by atoms with Crippen LogP contribution in [-0.2, 0) is 11.2 Å². The van der Waals surface area contributed by atoms with Gasteiger partial charge in [0, 0.05) is 50.8 Å². The highest BCUT2D eigenvalue weighted by Gasteiger charge is 2.29. The number of nitrogens with zero attached hydrogens (tertiary/aromatic N) is 2. The molecule has 23 heavy (non-hydrogen) atoms. The zero-order valence-corrected chi connectivity index (χ0v) is 13.8. The van der Waals surface area contributed by atoms with Crippen LogP contribution >= 0.6 is 0 Å². The summed E-state index contributed by atoms with van der Waals surface area (Å²) < 4.78 is 0. The Labute approximate surface area is 135 Å². The molecule has 0 saturated carbocycles. The molecule has 0 spiro atoms. The molecule has 1 fully saturated rings. The molecule has 0 unspecified atom stereocenters. The van der Waals surface area contributed by atoms with Crippen molar-refractivity contribution in [2.24, 2.45) is 0 Å². The Morgan fingerprint density at radius 3 is 2.39 bits per heavy atom. The highest BCUT2D eigenvalue weighted by Crippen LogP contribution is 2.27. The third-order valence-corrected chi connectivity index (χ3v) is 4.88. The lowest BCUT2D eigenvalue weighted by Crippen LogP contribution is -2.36. The molecule has 2 amide bonds. The van der Waals surface area contributed by atoms with E-state index in [-0.39, 0.29) is 17.6 Å². The normalized spacial score (nSPS) is 18.6. The Morgan fingerprint density at radius 1 is 1.00 bits per heavy atom. The van der Waals surface area contributed by atoms with Gasteiger partial charge in [-0.2, -0.15) is 0 Å². The molecule has 1 saturated heterocycles. The summed E-state index contributed by atoms with van der Waals surface area (Å²) in [6, 6.07) is 0. The maximum Gasteiger partial charge on any atom is 0.270 e. The maximum absolute atomic E-state index is 12.9. The van der Waals surface area contributed by atoms with Crippen molar-refractivity contribution in [1.29, 1.82) is 0 Å². The topological polar surface area (TPSA) is 73.5 Å². The van der Waals surface area contributed by atoms with Crippen molar-refractivity contribution in [3.8, 4) is 0 Å². The second-order valence-electron chi connectivity index (χ2n) is 6.41. The van der Waals surface area contributed by atoms with Crippen LogP contribution in [0, 0.1) is 6.92 Å².